The van der Waals surface area contributed by atoms with Gasteiger partial charge in [0.2, 0.25) is 0 Å². The second kappa shape index (κ2) is 5.47. The first-order valence-corrected chi connectivity index (χ1v) is 9.15. The summed E-state index contributed by atoms with van der Waals surface area (Å²) in [5.74, 6) is 0.679. The Kier molecular flexibility index (Phi) is 3.84. The highest BCUT2D eigenvalue weighted by atomic mass is 32.2. The lowest BCUT2D eigenvalue weighted by atomic mass is 9.89. The Labute approximate surface area is 120 Å². The highest BCUT2D eigenvalue weighted by molar-refractivity contribution is 7.91. The van der Waals surface area contributed by atoms with E-state index in [1.54, 1.807) is 0 Å². The van der Waals surface area contributed by atoms with Crippen LogP contribution in [0.4, 0.5) is 0 Å². The summed E-state index contributed by atoms with van der Waals surface area (Å²) in [6.45, 7) is 1.91. The Bertz CT molecular complexity index is 550. The van der Waals surface area contributed by atoms with Crippen molar-refractivity contribution in [3.63, 3.8) is 0 Å². The average molecular weight is 296 g/mol. The molecule has 3 rings (SSSR count). The number of aliphatic hydroxyl groups excluding tert-OH is 1. The molecule has 2 aliphatic rings. The van der Waals surface area contributed by atoms with Gasteiger partial charge >= 0.3 is 0 Å². The van der Waals surface area contributed by atoms with Gasteiger partial charge in [-0.05, 0) is 11.5 Å². The van der Waals surface area contributed by atoms with Crippen molar-refractivity contribution in [3.05, 3.63) is 35.9 Å². The van der Waals surface area contributed by atoms with Crippen molar-refractivity contribution >= 4 is 9.84 Å². The van der Waals surface area contributed by atoms with Crippen LogP contribution in [0.2, 0.25) is 0 Å². The van der Waals surface area contributed by atoms with Gasteiger partial charge < -0.3 is 10.0 Å². The van der Waals surface area contributed by atoms with Crippen LogP contribution in [0.3, 0.4) is 0 Å². The van der Waals surface area contributed by atoms with Gasteiger partial charge in [0.05, 0.1) is 18.8 Å². The molecule has 0 aliphatic carbocycles. The fraction of sp³-hybridized carbons (Fsp3) is 0.600. The molecule has 20 heavy (non-hydrogen) atoms. The van der Waals surface area contributed by atoms with Crippen molar-refractivity contribution in [2.75, 3.05) is 24.6 Å². The molecule has 0 aromatic heterocycles. The first-order valence-electron chi connectivity index (χ1n) is 7.33. The lowest BCUT2D eigenvalue weighted by Crippen LogP contribution is -3.18. The summed E-state index contributed by atoms with van der Waals surface area (Å²) in [6, 6.07) is 10.4. The summed E-state index contributed by atoms with van der Waals surface area (Å²) in [5, 5.41) is 9.96. The predicted molar refractivity (Wildman–Crippen MR) is 77.6 cm³/mol. The number of benzene rings is 1. The standard InChI is InChI=1S/C15H21NO3S/c17-15-11-20(18,19)10-14(15)16-8-6-13(7-9-16)12-4-2-1-3-5-12/h1-5,13-15,17H,6-11H2/p+1/t14-,15+/m0/s1. The molecule has 2 saturated heterocycles. The van der Waals surface area contributed by atoms with Gasteiger partial charge in [-0.3, -0.25) is 0 Å². The van der Waals surface area contributed by atoms with Crippen LogP contribution in [0.1, 0.15) is 24.3 Å². The monoisotopic (exact) mass is 296 g/mol. The van der Waals surface area contributed by atoms with Crippen LogP contribution >= 0.6 is 0 Å². The first kappa shape index (κ1) is 14.0. The van der Waals surface area contributed by atoms with E-state index in [2.05, 4.69) is 24.3 Å². The van der Waals surface area contributed by atoms with Crippen molar-refractivity contribution < 1.29 is 18.4 Å². The number of sulfone groups is 1. The van der Waals surface area contributed by atoms with Crippen LogP contribution < -0.4 is 4.90 Å². The molecule has 0 saturated carbocycles. The third-order valence-electron chi connectivity index (χ3n) is 4.75. The van der Waals surface area contributed by atoms with Gasteiger partial charge in [-0.25, -0.2) is 8.42 Å². The SMILES string of the molecule is O=S1(=O)C[C@@H](O)[C@@H]([NH+]2CCC(c3ccccc3)CC2)C1. The minimum Gasteiger partial charge on any atom is -0.386 e. The number of nitrogens with one attached hydrogen (secondary N) is 1. The normalized spacial score (nSPS) is 36.9. The molecule has 1 aromatic rings. The highest BCUT2D eigenvalue weighted by Crippen LogP contribution is 2.24. The summed E-state index contributed by atoms with van der Waals surface area (Å²) in [5.41, 5.74) is 1.38. The van der Waals surface area contributed by atoms with E-state index in [0.717, 1.165) is 25.9 Å². The van der Waals surface area contributed by atoms with Crippen molar-refractivity contribution in [2.24, 2.45) is 0 Å². The summed E-state index contributed by atoms with van der Waals surface area (Å²) in [7, 11) is -3.03. The smallest absolute Gasteiger partial charge is 0.159 e. The number of quaternary nitrogens is 1. The topological polar surface area (TPSA) is 58.8 Å². The number of piperidine rings is 1. The summed E-state index contributed by atoms with van der Waals surface area (Å²) in [6.07, 6.45) is 1.47. The molecule has 2 fully saturated rings. The van der Waals surface area contributed by atoms with Gasteiger partial charge in [0.15, 0.2) is 9.84 Å². The van der Waals surface area contributed by atoms with Gasteiger partial charge in [0.25, 0.3) is 0 Å². The number of hydrogen-bond acceptors (Lipinski definition) is 3. The van der Waals surface area contributed by atoms with Crippen molar-refractivity contribution in [1.82, 2.24) is 0 Å². The Morgan fingerprint density at radius 3 is 2.25 bits per heavy atom. The molecule has 110 valence electrons. The minimum absolute atomic E-state index is 0.0523. The number of rotatable bonds is 2. The molecule has 4 nitrogen and oxygen atoms in total. The van der Waals surface area contributed by atoms with Crippen molar-refractivity contribution in [2.45, 2.75) is 30.9 Å². The van der Waals surface area contributed by atoms with E-state index in [1.807, 2.05) is 6.07 Å². The molecule has 1 aromatic carbocycles. The lowest BCUT2D eigenvalue weighted by molar-refractivity contribution is -0.930. The van der Waals surface area contributed by atoms with E-state index in [4.69, 9.17) is 0 Å². The fourth-order valence-corrected chi connectivity index (χ4v) is 5.53. The summed E-state index contributed by atoms with van der Waals surface area (Å²) < 4.78 is 23.2. The third-order valence-corrected chi connectivity index (χ3v) is 6.46. The van der Waals surface area contributed by atoms with Gasteiger partial charge in [0, 0.05) is 12.8 Å². The van der Waals surface area contributed by atoms with E-state index in [9.17, 15) is 13.5 Å². The third kappa shape index (κ3) is 2.90. The van der Waals surface area contributed by atoms with Gasteiger partial charge in [-0.1, -0.05) is 30.3 Å². The zero-order valence-electron chi connectivity index (χ0n) is 11.5. The minimum atomic E-state index is -3.03. The predicted octanol–water partition coefficient (Wildman–Crippen LogP) is -0.393. The maximum atomic E-state index is 11.6. The molecule has 2 heterocycles. The lowest BCUT2D eigenvalue weighted by Gasteiger charge is -2.34. The molecule has 2 aliphatic heterocycles. The van der Waals surface area contributed by atoms with E-state index >= 15 is 0 Å². The molecular formula is C15H22NO3S+. The van der Waals surface area contributed by atoms with Gasteiger partial charge in [0.1, 0.15) is 17.9 Å². The van der Waals surface area contributed by atoms with Crippen LogP contribution in [-0.4, -0.2) is 50.3 Å². The molecule has 2 N–H and O–H groups in total. The number of hydrogen-bond donors (Lipinski definition) is 2. The van der Waals surface area contributed by atoms with E-state index < -0.39 is 15.9 Å². The quantitative estimate of drug-likeness (QED) is 0.781. The highest BCUT2D eigenvalue weighted by Gasteiger charge is 2.44. The van der Waals surface area contributed by atoms with Crippen molar-refractivity contribution in [3.8, 4) is 0 Å². The van der Waals surface area contributed by atoms with Crippen LogP contribution in [0.25, 0.3) is 0 Å². The first-order chi connectivity index (χ1) is 9.55. The molecular weight excluding hydrogens is 274 g/mol. The van der Waals surface area contributed by atoms with E-state index in [1.165, 1.54) is 10.5 Å². The zero-order valence-corrected chi connectivity index (χ0v) is 12.3. The molecule has 5 heteroatoms. The second-order valence-electron chi connectivity index (χ2n) is 6.09. The Balaban J connectivity index is 1.62. The summed E-state index contributed by atoms with van der Waals surface area (Å²) in [4.78, 5) is 1.27. The van der Waals surface area contributed by atoms with Crippen molar-refractivity contribution in [1.29, 1.82) is 0 Å². The number of aliphatic hydroxyl groups is 1. The average Bonchev–Trinajstić information content (AvgIpc) is 2.73. The van der Waals surface area contributed by atoms with Gasteiger partial charge in [-0.2, -0.15) is 0 Å². The fourth-order valence-electron chi connectivity index (χ4n) is 3.64. The molecule has 0 amide bonds. The van der Waals surface area contributed by atoms with Crippen LogP contribution in [0.5, 0.6) is 0 Å². The molecule has 0 spiro atoms. The van der Waals surface area contributed by atoms with E-state index in [-0.39, 0.29) is 17.5 Å². The maximum Gasteiger partial charge on any atom is 0.159 e. The molecule has 0 bridgehead atoms. The second-order valence-corrected chi connectivity index (χ2v) is 8.25. The Morgan fingerprint density at radius 1 is 1.05 bits per heavy atom. The molecule has 0 unspecified atom stereocenters. The largest absolute Gasteiger partial charge is 0.386 e. The van der Waals surface area contributed by atoms with Crippen LogP contribution in [0, 0.1) is 0 Å². The van der Waals surface area contributed by atoms with Crippen LogP contribution in [0.15, 0.2) is 30.3 Å². The number of likely N-dealkylation sites (tertiary alicyclic amines) is 1. The Hall–Kier alpha value is -0.910. The molecule has 0 radical (unpaired) electrons. The maximum absolute atomic E-state index is 11.6. The van der Waals surface area contributed by atoms with Gasteiger partial charge in [-0.15, -0.1) is 0 Å². The van der Waals surface area contributed by atoms with E-state index in [0.29, 0.717) is 5.92 Å². The zero-order chi connectivity index (χ0) is 14.2. The Morgan fingerprint density at radius 2 is 1.70 bits per heavy atom. The summed E-state index contributed by atoms with van der Waals surface area (Å²) >= 11 is 0. The van der Waals surface area contributed by atoms with Crippen LogP contribution in [-0.2, 0) is 9.84 Å². The molecule has 2 atom stereocenters.